The topological polar surface area (TPSA) is 115 Å². The van der Waals surface area contributed by atoms with Crippen LogP contribution in [0.3, 0.4) is 0 Å². The molecule has 2 aromatic rings. The predicted octanol–water partition coefficient (Wildman–Crippen LogP) is 1.47. The summed E-state index contributed by atoms with van der Waals surface area (Å²) in [6, 6.07) is 1.07. The van der Waals surface area contributed by atoms with Crippen molar-refractivity contribution in [3.05, 3.63) is 27.3 Å². The zero-order chi connectivity index (χ0) is 16.7. The van der Waals surface area contributed by atoms with E-state index in [2.05, 4.69) is 5.10 Å². The molecule has 1 unspecified atom stereocenters. The molecule has 2 rings (SSSR count). The number of hydrogen-bond acceptors (Lipinski definition) is 6. The molecule has 0 aliphatic rings. The fraction of sp³-hybridized carbons (Fsp3) is 0.462. The highest BCUT2D eigenvalue weighted by atomic mass is 35.5. The standard InChI is InChI=1S/C13H15ClN2O6/c1-13(2,3)22-8(17)5-16-11(18)6-4-7(12(19)20)21-9(6)10(14)15-16/h4,8,17H,5H2,1-3H3,(H,19,20). The molecule has 8 nitrogen and oxygen atoms in total. The highest BCUT2D eigenvalue weighted by molar-refractivity contribution is 6.33. The van der Waals surface area contributed by atoms with Gasteiger partial charge in [0.2, 0.25) is 5.76 Å². The molecule has 1 atom stereocenters. The Labute approximate surface area is 129 Å². The smallest absolute Gasteiger partial charge is 0.371 e. The molecule has 0 aliphatic carbocycles. The molecule has 0 radical (unpaired) electrons. The molecule has 0 amide bonds. The first-order valence-corrected chi connectivity index (χ1v) is 6.75. The van der Waals surface area contributed by atoms with Gasteiger partial charge in [-0.25, -0.2) is 9.48 Å². The van der Waals surface area contributed by atoms with Crippen LogP contribution in [-0.2, 0) is 11.3 Å². The van der Waals surface area contributed by atoms with Crippen molar-refractivity contribution in [2.75, 3.05) is 0 Å². The van der Waals surface area contributed by atoms with Crippen LogP contribution in [0.2, 0.25) is 5.15 Å². The van der Waals surface area contributed by atoms with Gasteiger partial charge in [-0.05, 0) is 20.8 Å². The Morgan fingerprint density at radius 1 is 1.55 bits per heavy atom. The monoisotopic (exact) mass is 330 g/mol. The molecule has 0 saturated carbocycles. The fourth-order valence-electron chi connectivity index (χ4n) is 1.86. The van der Waals surface area contributed by atoms with E-state index in [1.807, 2.05) is 0 Å². The summed E-state index contributed by atoms with van der Waals surface area (Å²) >= 11 is 5.89. The number of nitrogens with zero attached hydrogens (tertiary/aromatic N) is 2. The van der Waals surface area contributed by atoms with Gasteiger partial charge in [0.25, 0.3) is 5.56 Å². The summed E-state index contributed by atoms with van der Waals surface area (Å²) in [6.07, 6.45) is -1.27. The molecule has 22 heavy (non-hydrogen) atoms. The molecule has 0 aromatic carbocycles. The molecular weight excluding hydrogens is 316 g/mol. The molecule has 0 saturated heterocycles. The first kappa shape index (κ1) is 16.5. The third-order valence-electron chi connectivity index (χ3n) is 2.62. The van der Waals surface area contributed by atoms with E-state index in [1.54, 1.807) is 20.8 Å². The van der Waals surface area contributed by atoms with Crippen LogP contribution in [0.15, 0.2) is 15.3 Å². The lowest BCUT2D eigenvalue weighted by Gasteiger charge is -2.24. The van der Waals surface area contributed by atoms with Gasteiger partial charge < -0.3 is 19.4 Å². The Morgan fingerprint density at radius 3 is 2.73 bits per heavy atom. The maximum Gasteiger partial charge on any atom is 0.371 e. The summed E-state index contributed by atoms with van der Waals surface area (Å²) < 4.78 is 11.2. The van der Waals surface area contributed by atoms with E-state index in [0.29, 0.717) is 0 Å². The molecule has 120 valence electrons. The Bertz CT molecular complexity index is 773. The number of ether oxygens (including phenoxy) is 1. The van der Waals surface area contributed by atoms with E-state index in [9.17, 15) is 14.7 Å². The van der Waals surface area contributed by atoms with Crippen LogP contribution >= 0.6 is 11.6 Å². The van der Waals surface area contributed by atoms with Crippen LogP contribution in [0.25, 0.3) is 11.0 Å². The number of hydrogen-bond donors (Lipinski definition) is 2. The third-order valence-corrected chi connectivity index (χ3v) is 2.87. The van der Waals surface area contributed by atoms with E-state index >= 15 is 0 Å². The van der Waals surface area contributed by atoms with E-state index in [4.69, 9.17) is 25.9 Å². The van der Waals surface area contributed by atoms with Gasteiger partial charge in [0.1, 0.15) is 0 Å². The summed E-state index contributed by atoms with van der Waals surface area (Å²) in [6.45, 7) is 4.99. The summed E-state index contributed by atoms with van der Waals surface area (Å²) in [7, 11) is 0. The van der Waals surface area contributed by atoms with Gasteiger partial charge in [-0.1, -0.05) is 11.6 Å². The second kappa shape index (κ2) is 5.71. The minimum atomic E-state index is -1.32. The summed E-state index contributed by atoms with van der Waals surface area (Å²) in [4.78, 5) is 23.1. The van der Waals surface area contributed by atoms with Crippen molar-refractivity contribution in [3.8, 4) is 0 Å². The number of halogens is 1. The van der Waals surface area contributed by atoms with Crippen molar-refractivity contribution in [1.29, 1.82) is 0 Å². The number of furan rings is 1. The van der Waals surface area contributed by atoms with Gasteiger partial charge in [-0.2, -0.15) is 5.10 Å². The first-order chi connectivity index (χ1) is 10.1. The van der Waals surface area contributed by atoms with Crippen LogP contribution in [0.4, 0.5) is 0 Å². The van der Waals surface area contributed by atoms with Crippen molar-refractivity contribution in [2.45, 2.75) is 39.2 Å². The number of aromatic carboxylic acids is 1. The number of carboxylic acids is 1. The Morgan fingerprint density at radius 2 is 2.18 bits per heavy atom. The maximum absolute atomic E-state index is 12.2. The largest absolute Gasteiger partial charge is 0.475 e. The van der Waals surface area contributed by atoms with Gasteiger partial charge in [0.05, 0.1) is 17.5 Å². The summed E-state index contributed by atoms with van der Waals surface area (Å²) in [5.74, 6) is -1.74. The predicted molar refractivity (Wildman–Crippen MR) is 77.1 cm³/mol. The van der Waals surface area contributed by atoms with Crippen molar-refractivity contribution in [1.82, 2.24) is 9.78 Å². The van der Waals surface area contributed by atoms with Crippen LogP contribution in [0, 0.1) is 0 Å². The summed E-state index contributed by atoms with van der Waals surface area (Å²) in [5, 5.41) is 22.3. The minimum Gasteiger partial charge on any atom is -0.475 e. The number of aliphatic hydroxyl groups excluding tert-OH is 1. The van der Waals surface area contributed by atoms with Gasteiger partial charge in [0, 0.05) is 6.07 Å². The molecule has 0 spiro atoms. The molecule has 2 aromatic heterocycles. The van der Waals surface area contributed by atoms with Crippen LogP contribution in [0.5, 0.6) is 0 Å². The van der Waals surface area contributed by atoms with E-state index in [-0.39, 0.29) is 22.7 Å². The number of fused-ring (bicyclic) bond motifs is 1. The Kier molecular flexibility index (Phi) is 4.28. The van der Waals surface area contributed by atoms with Crippen LogP contribution in [0.1, 0.15) is 31.3 Å². The zero-order valence-electron chi connectivity index (χ0n) is 12.2. The van der Waals surface area contributed by atoms with Gasteiger partial charge in [-0.15, -0.1) is 0 Å². The third kappa shape index (κ3) is 3.46. The van der Waals surface area contributed by atoms with Crippen LogP contribution in [-0.4, -0.2) is 37.9 Å². The molecule has 0 fully saturated rings. The number of rotatable bonds is 4. The minimum absolute atomic E-state index is 0.0274. The second-order valence-electron chi connectivity index (χ2n) is 5.62. The Hall–Kier alpha value is -1.90. The van der Waals surface area contributed by atoms with Crippen molar-refractivity contribution >= 4 is 28.5 Å². The highest BCUT2D eigenvalue weighted by Crippen LogP contribution is 2.22. The number of aliphatic hydroxyl groups is 1. The lowest BCUT2D eigenvalue weighted by molar-refractivity contribution is -0.173. The van der Waals surface area contributed by atoms with Gasteiger partial charge in [0.15, 0.2) is 17.0 Å². The van der Waals surface area contributed by atoms with Crippen molar-refractivity contribution < 1.29 is 24.2 Å². The zero-order valence-corrected chi connectivity index (χ0v) is 12.9. The van der Waals surface area contributed by atoms with Gasteiger partial charge in [-0.3, -0.25) is 4.79 Å². The maximum atomic E-state index is 12.2. The lowest BCUT2D eigenvalue weighted by atomic mass is 10.2. The molecule has 0 aliphatic heterocycles. The first-order valence-electron chi connectivity index (χ1n) is 6.38. The van der Waals surface area contributed by atoms with Crippen LogP contribution < -0.4 is 5.56 Å². The molecule has 9 heteroatoms. The normalized spacial score (nSPS) is 13.5. The fourth-order valence-corrected chi connectivity index (χ4v) is 2.09. The van der Waals surface area contributed by atoms with Gasteiger partial charge >= 0.3 is 5.97 Å². The molecule has 2 N–H and O–H groups in total. The van der Waals surface area contributed by atoms with Crippen molar-refractivity contribution in [2.24, 2.45) is 0 Å². The number of aromatic nitrogens is 2. The van der Waals surface area contributed by atoms with E-state index in [0.717, 1.165) is 10.7 Å². The second-order valence-corrected chi connectivity index (χ2v) is 5.98. The Balaban J connectivity index is 2.42. The van der Waals surface area contributed by atoms with E-state index in [1.165, 1.54) is 0 Å². The number of carboxylic acid groups (broad SMARTS) is 1. The van der Waals surface area contributed by atoms with E-state index < -0.39 is 29.2 Å². The lowest BCUT2D eigenvalue weighted by Crippen LogP contribution is -2.34. The molecule has 0 bridgehead atoms. The molecule has 2 heterocycles. The quantitative estimate of drug-likeness (QED) is 0.816. The summed E-state index contributed by atoms with van der Waals surface area (Å²) in [5.41, 5.74) is -1.35. The van der Waals surface area contributed by atoms with Crippen molar-refractivity contribution in [3.63, 3.8) is 0 Å². The highest BCUT2D eigenvalue weighted by Gasteiger charge is 2.21. The average molecular weight is 331 g/mol. The molecular formula is C13H15ClN2O6. The SMILES string of the molecule is CC(C)(C)OC(O)Cn1nc(Cl)c2oc(C(=O)O)cc2c1=O. The average Bonchev–Trinajstić information content (AvgIpc) is 2.79. The number of carbonyl (C=O) groups is 1.